The fourth-order valence-corrected chi connectivity index (χ4v) is 1.78. The maximum absolute atomic E-state index is 11.7. The van der Waals surface area contributed by atoms with Crippen molar-refractivity contribution in [1.29, 1.82) is 0 Å². The normalized spacial score (nSPS) is 20.3. The number of hydrogen-bond donors (Lipinski definition) is 2. The van der Waals surface area contributed by atoms with Crippen LogP contribution in [-0.2, 0) is 42.3 Å². The van der Waals surface area contributed by atoms with Crippen LogP contribution in [0.1, 0.15) is 19.8 Å². The maximum atomic E-state index is 11.7. The van der Waals surface area contributed by atoms with Crippen molar-refractivity contribution in [3.8, 4) is 0 Å². The molecule has 2 amide bonds. The number of carbonyl (C=O) groups is 2. The van der Waals surface area contributed by atoms with E-state index in [1.54, 1.807) is 4.90 Å². The number of carbonyl (C=O) groups excluding carboxylic acids is 2. The average molecular weight is 317 g/mol. The van der Waals surface area contributed by atoms with Crippen molar-refractivity contribution < 1.29 is 47.4 Å². The van der Waals surface area contributed by atoms with Gasteiger partial charge in [0.2, 0.25) is 5.91 Å². The zero-order chi connectivity index (χ0) is 12.3. The standard InChI is InChI=1S/C10H19N3O3.Y/c1-6(14)8(11)10(16)13-4-2-7(3-5-13)9(12)15;/h6-8,14H,2-5,11H2,1H3,(H2,12,15);/p-1. The molecule has 0 spiro atoms. The summed E-state index contributed by atoms with van der Waals surface area (Å²) in [6.07, 6.45) is 0.157. The Morgan fingerprint density at radius 3 is 2.24 bits per heavy atom. The van der Waals surface area contributed by atoms with Gasteiger partial charge in [-0.05, 0) is 19.8 Å². The van der Waals surface area contributed by atoms with E-state index in [2.05, 4.69) is 0 Å². The van der Waals surface area contributed by atoms with Crippen LogP contribution in [0.5, 0.6) is 0 Å². The third-order valence-electron chi connectivity index (χ3n) is 2.98. The SMILES string of the molecule is CC(O)C(N)C(=O)N1CCC(C([NH-])=O)CC1.[Y]. The summed E-state index contributed by atoms with van der Waals surface area (Å²) in [5.74, 6) is -1.11. The zero-order valence-corrected chi connectivity index (χ0v) is 12.8. The molecule has 0 saturated carbocycles. The Bertz CT molecular complexity index is 278. The number of piperidine rings is 1. The molecule has 0 bridgehead atoms. The summed E-state index contributed by atoms with van der Waals surface area (Å²) in [6.45, 7) is 2.35. The third kappa shape index (κ3) is 4.62. The molecule has 1 aliphatic rings. The smallest absolute Gasteiger partial charge is 0.242 e. The molecular formula is C10H18N3O3Y-. The van der Waals surface area contributed by atoms with Crippen molar-refractivity contribution in [2.45, 2.75) is 31.9 Å². The van der Waals surface area contributed by atoms with Crippen molar-refractivity contribution in [1.82, 2.24) is 4.90 Å². The summed E-state index contributed by atoms with van der Waals surface area (Å²) in [4.78, 5) is 24.1. The van der Waals surface area contributed by atoms with E-state index in [1.165, 1.54) is 6.92 Å². The van der Waals surface area contributed by atoms with Gasteiger partial charge in [-0.1, -0.05) is 0 Å². The number of nitrogens with zero attached hydrogens (tertiary/aromatic N) is 1. The van der Waals surface area contributed by atoms with E-state index in [9.17, 15) is 14.7 Å². The molecule has 1 rings (SSSR count). The van der Waals surface area contributed by atoms with E-state index in [1.807, 2.05) is 0 Å². The Morgan fingerprint density at radius 2 is 1.88 bits per heavy atom. The van der Waals surface area contributed by atoms with Gasteiger partial charge in [-0.15, -0.1) is 0 Å². The molecule has 2 atom stereocenters. The summed E-state index contributed by atoms with van der Waals surface area (Å²) in [6, 6.07) is -0.900. The predicted octanol–water partition coefficient (Wildman–Crippen LogP) is -0.491. The van der Waals surface area contributed by atoms with Crippen LogP contribution >= 0.6 is 0 Å². The molecule has 2 unspecified atom stereocenters. The average Bonchev–Trinajstić information content (AvgIpc) is 2.27. The largest absolute Gasteiger partial charge is 0.668 e. The fraction of sp³-hybridized carbons (Fsp3) is 0.800. The maximum Gasteiger partial charge on any atom is 0.242 e. The van der Waals surface area contributed by atoms with Crippen molar-refractivity contribution in [2.24, 2.45) is 11.7 Å². The van der Waals surface area contributed by atoms with Crippen LogP contribution in [0.3, 0.4) is 0 Å². The summed E-state index contributed by atoms with van der Waals surface area (Å²) in [7, 11) is 0. The van der Waals surface area contributed by atoms with Crippen LogP contribution in [0.25, 0.3) is 5.73 Å². The number of nitrogens with two attached hydrogens (primary N) is 1. The van der Waals surface area contributed by atoms with E-state index < -0.39 is 18.1 Å². The first-order chi connectivity index (χ1) is 7.43. The molecule has 1 radical (unpaired) electrons. The topological polar surface area (TPSA) is 107 Å². The molecule has 0 aromatic heterocycles. The molecule has 7 heteroatoms. The van der Waals surface area contributed by atoms with Crippen LogP contribution in [-0.4, -0.2) is 47.1 Å². The van der Waals surface area contributed by atoms with Gasteiger partial charge in [0, 0.05) is 51.7 Å². The summed E-state index contributed by atoms with van der Waals surface area (Å²) in [5, 5.41) is 9.21. The van der Waals surface area contributed by atoms with Gasteiger partial charge in [-0.2, -0.15) is 0 Å². The first kappa shape index (κ1) is 17.0. The van der Waals surface area contributed by atoms with Gasteiger partial charge in [-0.25, -0.2) is 0 Å². The molecular weight excluding hydrogens is 299 g/mol. The van der Waals surface area contributed by atoms with Crippen molar-refractivity contribution in [2.75, 3.05) is 13.1 Å². The Labute approximate surface area is 126 Å². The second-order valence-corrected chi connectivity index (χ2v) is 4.23. The second-order valence-electron chi connectivity index (χ2n) is 4.23. The minimum Gasteiger partial charge on any atom is -0.668 e. The summed E-state index contributed by atoms with van der Waals surface area (Å²) < 4.78 is 0. The minimum atomic E-state index is -0.900. The number of nitrogens with one attached hydrogen (secondary N) is 1. The zero-order valence-electron chi connectivity index (χ0n) is 9.93. The Hall–Kier alpha value is -0.0361. The Morgan fingerprint density at radius 1 is 1.41 bits per heavy atom. The number of amides is 2. The molecule has 0 aromatic carbocycles. The van der Waals surface area contributed by atoms with Crippen LogP contribution in [0.4, 0.5) is 0 Å². The van der Waals surface area contributed by atoms with Gasteiger partial charge >= 0.3 is 0 Å². The molecule has 6 nitrogen and oxygen atoms in total. The number of hydrogen-bond acceptors (Lipinski definition) is 4. The van der Waals surface area contributed by atoms with Crippen LogP contribution in [0.2, 0.25) is 0 Å². The van der Waals surface area contributed by atoms with Gasteiger partial charge in [0.25, 0.3) is 0 Å². The molecule has 1 aliphatic heterocycles. The number of likely N-dealkylation sites (tertiary alicyclic amines) is 1. The van der Waals surface area contributed by atoms with E-state index in [0.29, 0.717) is 25.9 Å². The van der Waals surface area contributed by atoms with E-state index >= 15 is 0 Å². The second kappa shape index (κ2) is 7.41. The summed E-state index contributed by atoms with van der Waals surface area (Å²) in [5.41, 5.74) is 12.5. The molecule has 1 heterocycles. The third-order valence-corrected chi connectivity index (χ3v) is 2.98. The molecule has 95 valence electrons. The molecule has 0 aliphatic carbocycles. The van der Waals surface area contributed by atoms with E-state index in [4.69, 9.17) is 11.5 Å². The van der Waals surface area contributed by atoms with Gasteiger partial charge in [-0.3, -0.25) is 4.79 Å². The van der Waals surface area contributed by atoms with Crippen LogP contribution in [0, 0.1) is 5.92 Å². The van der Waals surface area contributed by atoms with Gasteiger partial charge in [0.1, 0.15) is 6.04 Å². The monoisotopic (exact) mass is 317 g/mol. The molecule has 1 saturated heterocycles. The summed E-state index contributed by atoms with van der Waals surface area (Å²) >= 11 is 0. The van der Waals surface area contributed by atoms with Gasteiger partial charge < -0.3 is 26.3 Å². The molecule has 17 heavy (non-hydrogen) atoms. The van der Waals surface area contributed by atoms with Crippen molar-refractivity contribution in [3.05, 3.63) is 5.73 Å². The number of rotatable bonds is 3. The number of aliphatic hydroxyl groups excluding tert-OH is 1. The minimum absolute atomic E-state index is 0. The molecule has 0 aromatic rings. The fourth-order valence-electron chi connectivity index (χ4n) is 1.78. The van der Waals surface area contributed by atoms with Crippen molar-refractivity contribution >= 4 is 11.8 Å². The first-order valence-corrected chi connectivity index (χ1v) is 5.41. The van der Waals surface area contributed by atoms with Gasteiger partial charge in [0.05, 0.1) is 12.0 Å². The Kier molecular flexibility index (Phi) is 7.39. The quantitative estimate of drug-likeness (QED) is 0.732. The predicted molar refractivity (Wildman–Crippen MR) is 58.3 cm³/mol. The van der Waals surface area contributed by atoms with E-state index in [-0.39, 0.29) is 44.5 Å². The van der Waals surface area contributed by atoms with Crippen LogP contribution < -0.4 is 5.73 Å². The Balaban J connectivity index is 0.00000256. The first-order valence-electron chi connectivity index (χ1n) is 5.41. The van der Waals surface area contributed by atoms with Gasteiger partial charge in [0.15, 0.2) is 0 Å². The van der Waals surface area contributed by atoms with Crippen LogP contribution in [0.15, 0.2) is 0 Å². The van der Waals surface area contributed by atoms with Crippen molar-refractivity contribution in [3.63, 3.8) is 0 Å². The number of aliphatic hydroxyl groups is 1. The molecule has 4 N–H and O–H groups in total. The van der Waals surface area contributed by atoms with E-state index in [0.717, 1.165) is 0 Å². The molecule has 1 fully saturated rings.